The molecule has 28 heavy (non-hydrogen) atoms. The Hall–Kier alpha value is -2.25. The fourth-order valence-corrected chi connectivity index (χ4v) is 4.58. The average Bonchev–Trinajstić information content (AvgIpc) is 3.27. The number of rotatable bonds is 6. The summed E-state index contributed by atoms with van der Waals surface area (Å²) in [6, 6.07) is 6.27. The van der Waals surface area contributed by atoms with Gasteiger partial charge in [0.1, 0.15) is 5.82 Å². The first kappa shape index (κ1) is 19.1. The maximum atomic E-state index is 4.89. The molecule has 4 rings (SSSR count). The van der Waals surface area contributed by atoms with Gasteiger partial charge in [-0.15, -0.1) is 11.3 Å². The number of hydrogen-bond donors (Lipinski definition) is 1. The van der Waals surface area contributed by atoms with Crippen molar-refractivity contribution in [3.63, 3.8) is 0 Å². The van der Waals surface area contributed by atoms with Crippen molar-refractivity contribution in [3.8, 4) is 0 Å². The van der Waals surface area contributed by atoms with E-state index in [2.05, 4.69) is 57.9 Å². The van der Waals surface area contributed by atoms with Gasteiger partial charge in [-0.25, -0.2) is 9.97 Å². The summed E-state index contributed by atoms with van der Waals surface area (Å²) in [7, 11) is 0. The van der Waals surface area contributed by atoms with Crippen molar-refractivity contribution < 1.29 is 0 Å². The van der Waals surface area contributed by atoms with Crippen molar-refractivity contribution in [3.05, 3.63) is 52.4 Å². The van der Waals surface area contributed by atoms with Crippen LogP contribution in [0, 0.1) is 13.8 Å². The Labute approximate surface area is 170 Å². The highest BCUT2D eigenvalue weighted by atomic mass is 32.1. The SMILES string of the molecule is CCn1ncc(CN2CCC[C@@H](c3cccc(Nc4ncc(C)s4)n3)C2)c1C. The number of likely N-dealkylation sites (tertiary alicyclic amines) is 1. The topological polar surface area (TPSA) is 58.9 Å². The highest BCUT2D eigenvalue weighted by molar-refractivity contribution is 7.15. The average molecular weight is 397 g/mol. The summed E-state index contributed by atoms with van der Waals surface area (Å²) in [6.45, 7) is 10.5. The van der Waals surface area contributed by atoms with Gasteiger partial charge in [0.15, 0.2) is 5.13 Å². The van der Waals surface area contributed by atoms with E-state index < -0.39 is 0 Å². The number of nitrogens with zero attached hydrogens (tertiary/aromatic N) is 5. The van der Waals surface area contributed by atoms with Gasteiger partial charge in [0.2, 0.25) is 0 Å². The molecular weight excluding hydrogens is 368 g/mol. The minimum atomic E-state index is 0.468. The molecule has 3 aromatic heterocycles. The lowest BCUT2D eigenvalue weighted by Gasteiger charge is -2.32. The number of pyridine rings is 1. The first-order valence-corrected chi connectivity index (χ1v) is 10.8. The van der Waals surface area contributed by atoms with Crippen LogP contribution < -0.4 is 5.32 Å². The summed E-state index contributed by atoms with van der Waals surface area (Å²) in [5, 5.41) is 8.74. The van der Waals surface area contributed by atoms with E-state index in [4.69, 9.17) is 4.98 Å². The Morgan fingerprint density at radius 2 is 2.14 bits per heavy atom. The van der Waals surface area contributed by atoms with Crippen LogP contribution in [0.1, 0.15) is 47.5 Å². The van der Waals surface area contributed by atoms with Gasteiger partial charge in [-0.1, -0.05) is 6.07 Å². The van der Waals surface area contributed by atoms with E-state index in [0.717, 1.165) is 37.1 Å². The molecule has 0 aliphatic carbocycles. The zero-order chi connectivity index (χ0) is 19.5. The molecule has 0 spiro atoms. The largest absolute Gasteiger partial charge is 0.316 e. The van der Waals surface area contributed by atoms with Crippen LogP contribution in [0.25, 0.3) is 0 Å². The predicted octanol–water partition coefficient (Wildman–Crippen LogP) is 4.49. The van der Waals surface area contributed by atoms with Gasteiger partial charge in [-0.05, 0) is 52.3 Å². The molecule has 0 unspecified atom stereocenters. The molecule has 1 fully saturated rings. The molecule has 0 bridgehead atoms. The monoisotopic (exact) mass is 396 g/mol. The highest BCUT2D eigenvalue weighted by Crippen LogP contribution is 2.28. The lowest BCUT2D eigenvalue weighted by molar-refractivity contribution is 0.198. The van der Waals surface area contributed by atoms with Crippen molar-refractivity contribution in [1.29, 1.82) is 0 Å². The van der Waals surface area contributed by atoms with E-state index in [1.165, 1.54) is 34.7 Å². The van der Waals surface area contributed by atoms with Crippen LogP contribution in [0.3, 0.4) is 0 Å². The molecule has 0 saturated carbocycles. The van der Waals surface area contributed by atoms with Crippen LogP contribution in [0.2, 0.25) is 0 Å². The highest BCUT2D eigenvalue weighted by Gasteiger charge is 2.23. The van der Waals surface area contributed by atoms with Crippen LogP contribution in [0.4, 0.5) is 10.9 Å². The molecule has 6 nitrogen and oxygen atoms in total. The molecule has 1 aliphatic rings. The zero-order valence-corrected chi connectivity index (χ0v) is 17.7. The number of thiazole rings is 1. The minimum absolute atomic E-state index is 0.468. The Balaban J connectivity index is 1.44. The number of hydrogen-bond acceptors (Lipinski definition) is 6. The van der Waals surface area contributed by atoms with Crippen LogP contribution in [-0.4, -0.2) is 37.7 Å². The third kappa shape index (κ3) is 4.25. The molecule has 1 saturated heterocycles. The van der Waals surface area contributed by atoms with Crippen LogP contribution in [0.15, 0.2) is 30.6 Å². The van der Waals surface area contributed by atoms with Crippen molar-refractivity contribution >= 4 is 22.3 Å². The van der Waals surface area contributed by atoms with Gasteiger partial charge < -0.3 is 5.32 Å². The van der Waals surface area contributed by atoms with E-state index in [1.54, 1.807) is 11.3 Å². The van der Waals surface area contributed by atoms with Crippen molar-refractivity contribution in [1.82, 2.24) is 24.6 Å². The second-order valence-electron chi connectivity index (χ2n) is 7.49. The second-order valence-corrected chi connectivity index (χ2v) is 8.73. The fraction of sp³-hybridized carbons (Fsp3) is 0.476. The number of aryl methyl sites for hydroxylation is 2. The van der Waals surface area contributed by atoms with Crippen LogP contribution in [-0.2, 0) is 13.1 Å². The third-order valence-corrected chi connectivity index (χ3v) is 6.28. The Morgan fingerprint density at radius 1 is 1.25 bits per heavy atom. The van der Waals surface area contributed by atoms with Gasteiger partial charge in [0, 0.05) is 53.6 Å². The number of aromatic nitrogens is 4. The van der Waals surface area contributed by atoms with Crippen molar-refractivity contribution in [2.45, 2.75) is 52.6 Å². The van der Waals surface area contributed by atoms with Crippen LogP contribution >= 0.6 is 11.3 Å². The van der Waals surface area contributed by atoms with Crippen LogP contribution in [0.5, 0.6) is 0 Å². The van der Waals surface area contributed by atoms with E-state index in [0.29, 0.717) is 5.92 Å². The first-order valence-electron chi connectivity index (χ1n) is 10.0. The molecule has 7 heteroatoms. The van der Waals surface area contributed by atoms with Crippen molar-refractivity contribution in [2.75, 3.05) is 18.4 Å². The number of nitrogens with one attached hydrogen (secondary N) is 1. The molecule has 1 N–H and O–H groups in total. The van der Waals surface area contributed by atoms with Gasteiger partial charge in [-0.2, -0.15) is 5.10 Å². The lowest BCUT2D eigenvalue weighted by atomic mass is 9.94. The molecule has 4 heterocycles. The Bertz CT molecular complexity index is 931. The summed E-state index contributed by atoms with van der Waals surface area (Å²) in [5.74, 6) is 1.35. The molecular formula is C21H28N6S. The summed E-state index contributed by atoms with van der Waals surface area (Å²) < 4.78 is 2.08. The normalized spacial score (nSPS) is 17.8. The van der Waals surface area contributed by atoms with Gasteiger partial charge in [0.05, 0.1) is 6.20 Å². The number of piperidine rings is 1. The summed E-state index contributed by atoms with van der Waals surface area (Å²) in [6.07, 6.45) is 6.31. The van der Waals surface area contributed by atoms with E-state index >= 15 is 0 Å². The third-order valence-electron chi connectivity index (χ3n) is 5.45. The van der Waals surface area contributed by atoms with Gasteiger partial charge in [-0.3, -0.25) is 9.58 Å². The summed E-state index contributed by atoms with van der Waals surface area (Å²) >= 11 is 1.65. The zero-order valence-electron chi connectivity index (χ0n) is 16.9. The minimum Gasteiger partial charge on any atom is -0.316 e. The van der Waals surface area contributed by atoms with E-state index in [1.807, 2.05) is 18.5 Å². The molecule has 3 aromatic rings. The molecule has 148 valence electrons. The van der Waals surface area contributed by atoms with Gasteiger partial charge >= 0.3 is 0 Å². The first-order chi connectivity index (χ1) is 13.6. The summed E-state index contributed by atoms with van der Waals surface area (Å²) in [4.78, 5) is 13.0. The van der Waals surface area contributed by atoms with E-state index in [-0.39, 0.29) is 0 Å². The lowest BCUT2D eigenvalue weighted by Crippen LogP contribution is -2.34. The molecule has 1 aliphatic heterocycles. The quantitative estimate of drug-likeness (QED) is 0.665. The summed E-state index contributed by atoms with van der Waals surface area (Å²) in [5.41, 5.74) is 3.79. The van der Waals surface area contributed by atoms with Gasteiger partial charge in [0.25, 0.3) is 0 Å². The molecule has 0 radical (unpaired) electrons. The predicted molar refractivity (Wildman–Crippen MR) is 114 cm³/mol. The van der Waals surface area contributed by atoms with E-state index in [9.17, 15) is 0 Å². The maximum absolute atomic E-state index is 4.89. The number of anilines is 2. The Morgan fingerprint density at radius 3 is 2.89 bits per heavy atom. The van der Waals surface area contributed by atoms with Crippen molar-refractivity contribution in [2.24, 2.45) is 0 Å². The molecule has 1 atom stereocenters. The Kier molecular flexibility index (Phi) is 5.73. The standard InChI is InChI=1S/C21H28N6S/c1-4-27-16(3)18(12-23-27)14-26-10-6-7-17(13-26)19-8-5-9-20(24-19)25-21-22-11-15(2)28-21/h5,8-9,11-12,17H,4,6-7,10,13-14H2,1-3H3,(H,22,24,25)/t17-/m1/s1. The molecule has 0 aromatic carbocycles. The smallest absolute Gasteiger partial charge is 0.188 e. The molecule has 0 amide bonds. The maximum Gasteiger partial charge on any atom is 0.188 e. The fourth-order valence-electron chi connectivity index (χ4n) is 3.91. The second kappa shape index (κ2) is 8.41.